The Bertz CT molecular complexity index is 348. The van der Waals surface area contributed by atoms with E-state index in [1.807, 2.05) is 0 Å². The van der Waals surface area contributed by atoms with Crippen molar-refractivity contribution in [3.63, 3.8) is 0 Å². The average Bonchev–Trinajstić information content (AvgIpc) is 2.08. The highest BCUT2D eigenvalue weighted by Gasteiger charge is 2.11. The summed E-state index contributed by atoms with van der Waals surface area (Å²) in [4.78, 5) is 11.1. The van der Waals surface area contributed by atoms with Crippen LogP contribution in [0.15, 0.2) is 12.1 Å². The SMILES string of the molecule is COc1cc(Cl)cc(C(C)=O)c1Cl. The van der Waals surface area contributed by atoms with Crippen LogP contribution in [0, 0.1) is 0 Å². The van der Waals surface area contributed by atoms with Gasteiger partial charge in [-0.25, -0.2) is 0 Å². The molecule has 0 bridgehead atoms. The maximum Gasteiger partial charge on any atom is 0.161 e. The third-order valence-electron chi connectivity index (χ3n) is 1.60. The molecule has 0 amide bonds. The second-order valence-corrected chi connectivity index (χ2v) is 3.34. The first-order valence-electron chi connectivity index (χ1n) is 3.60. The first-order valence-corrected chi connectivity index (χ1v) is 4.36. The minimum Gasteiger partial charge on any atom is -0.495 e. The molecule has 4 heteroatoms. The van der Waals surface area contributed by atoms with Crippen LogP contribution < -0.4 is 4.74 Å². The van der Waals surface area contributed by atoms with E-state index in [1.54, 1.807) is 6.07 Å². The fraction of sp³-hybridized carbons (Fsp3) is 0.222. The molecule has 1 aromatic carbocycles. The minimum absolute atomic E-state index is 0.134. The van der Waals surface area contributed by atoms with Gasteiger partial charge in [-0.1, -0.05) is 23.2 Å². The molecule has 0 heterocycles. The smallest absolute Gasteiger partial charge is 0.161 e. The van der Waals surface area contributed by atoms with Gasteiger partial charge in [-0.15, -0.1) is 0 Å². The predicted octanol–water partition coefficient (Wildman–Crippen LogP) is 3.20. The standard InChI is InChI=1S/C9H8Cl2O2/c1-5(12)7-3-6(10)4-8(13-2)9(7)11/h3-4H,1-2H3. The van der Waals surface area contributed by atoms with Crippen molar-refractivity contribution in [2.45, 2.75) is 6.92 Å². The van der Waals surface area contributed by atoms with Crippen LogP contribution in [0.2, 0.25) is 10.0 Å². The third-order valence-corrected chi connectivity index (χ3v) is 2.21. The summed E-state index contributed by atoms with van der Waals surface area (Å²) in [5.74, 6) is 0.283. The van der Waals surface area contributed by atoms with Gasteiger partial charge in [0.1, 0.15) is 5.75 Å². The summed E-state index contributed by atoms with van der Waals surface area (Å²) < 4.78 is 4.95. The lowest BCUT2D eigenvalue weighted by Crippen LogP contribution is -1.96. The summed E-state index contributed by atoms with van der Waals surface area (Å²) in [7, 11) is 1.47. The Hall–Kier alpha value is -0.730. The van der Waals surface area contributed by atoms with Crippen molar-refractivity contribution in [3.05, 3.63) is 27.7 Å². The van der Waals surface area contributed by atoms with Crippen molar-refractivity contribution in [1.29, 1.82) is 0 Å². The van der Waals surface area contributed by atoms with E-state index in [4.69, 9.17) is 27.9 Å². The lowest BCUT2D eigenvalue weighted by molar-refractivity contribution is 0.101. The maximum absolute atomic E-state index is 11.1. The lowest BCUT2D eigenvalue weighted by atomic mass is 10.1. The van der Waals surface area contributed by atoms with Crippen LogP contribution in [0.25, 0.3) is 0 Å². The van der Waals surface area contributed by atoms with Crippen molar-refractivity contribution in [3.8, 4) is 5.75 Å². The highest BCUT2D eigenvalue weighted by molar-refractivity contribution is 6.37. The third kappa shape index (κ3) is 2.14. The Morgan fingerprint density at radius 2 is 2.00 bits per heavy atom. The fourth-order valence-corrected chi connectivity index (χ4v) is 1.50. The summed E-state index contributed by atoms with van der Waals surface area (Å²) in [5, 5.41) is 0.742. The molecule has 2 nitrogen and oxygen atoms in total. The summed E-state index contributed by atoms with van der Waals surface area (Å²) >= 11 is 11.6. The van der Waals surface area contributed by atoms with E-state index >= 15 is 0 Å². The van der Waals surface area contributed by atoms with Gasteiger partial charge in [0, 0.05) is 16.7 Å². The minimum atomic E-state index is -0.134. The van der Waals surface area contributed by atoms with Crippen molar-refractivity contribution < 1.29 is 9.53 Å². The zero-order valence-electron chi connectivity index (χ0n) is 7.23. The van der Waals surface area contributed by atoms with E-state index < -0.39 is 0 Å². The quantitative estimate of drug-likeness (QED) is 0.714. The zero-order valence-corrected chi connectivity index (χ0v) is 8.74. The van der Waals surface area contributed by atoms with Gasteiger partial charge >= 0.3 is 0 Å². The number of rotatable bonds is 2. The predicted molar refractivity (Wildman–Crippen MR) is 53.0 cm³/mol. The highest BCUT2D eigenvalue weighted by Crippen LogP contribution is 2.31. The second-order valence-electron chi connectivity index (χ2n) is 2.53. The number of carbonyl (C=O) groups is 1. The molecule has 0 unspecified atom stereocenters. The van der Waals surface area contributed by atoms with Crippen molar-refractivity contribution in [2.75, 3.05) is 7.11 Å². The molecule has 0 aliphatic carbocycles. The van der Waals surface area contributed by atoms with Gasteiger partial charge in [0.15, 0.2) is 5.78 Å². The van der Waals surface area contributed by atoms with Gasteiger partial charge in [0.25, 0.3) is 0 Å². The topological polar surface area (TPSA) is 26.3 Å². The maximum atomic E-state index is 11.1. The Labute approximate surface area is 86.4 Å². The van der Waals surface area contributed by atoms with E-state index in [1.165, 1.54) is 20.1 Å². The number of methoxy groups -OCH3 is 1. The second kappa shape index (κ2) is 3.99. The molecule has 1 aromatic rings. The van der Waals surface area contributed by atoms with Crippen LogP contribution in [0.1, 0.15) is 17.3 Å². The molecular formula is C9H8Cl2O2. The Balaban J connectivity index is 3.35. The molecule has 0 spiro atoms. The first kappa shape index (κ1) is 10.4. The monoisotopic (exact) mass is 218 g/mol. The fourth-order valence-electron chi connectivity index (χ4n) is 0.969. The summed E-state index contributed by atoms with van der Waals surface area (Å²) in [6.45, 7) is 1.43. The molecule has 0 aliphatic rings. The van der Waals surface area contributed by atoms with Gasteiger partial charge in [0.05, 0.1) is 12.1 Å². The summed E-state index contributed by atoms with van der Waals surface area (Å²) in [6.07, 6.45) is 0. The number of benzene rings is 1. The van der Waals surface area contributed by atoms with Gasteiger partial charge < -0.3 is 4.74 Å². The number of hydrogen-bond donors (Lipinski definition) is 0. The van der Waals surface area contributed by atoms with Crippen molar-refractivity contribution in [1.82, 2.24) is 0 Å². The van der Waals surface area contributed by atoms with E-state index in [0.29, 0.717) is 21.4 Å². The number of Topliss-reactive ketones (excluding diaryl/α,β-unsaturated/α-hetero) is 1. The summed E-state index contributed by atoms with van der Waals surface area (Å²) in [6, 6.07) is 3.09. The van der Waals surface area contributed by atoms with Crippen LogP contribution in [0.5, 0.6) is 5.75 Å². The van der Waals surface area contributed by atoms with Gasteiger partial charge in [-0.05, 0) is 13.0 Å². The van der Waals surface area contributed by atoms with E-state index in [2.05, 4.69) is 0 Å². The first-order chi connectivity index (χ1) is 6.06. The normalized spacial score (nSPS) is 9.85. The number of carbonyl (C=O) groups excluding carboxylic acids is 1. The molecule has 0 aromatic heterocycles. The molecule has 0 atom stereocenters. The van der Waals surface area contributed by atoms with Gasteiger partial charge in [-0.3, -0.25) is 4.79 Å². The van der Waals surface area contributed by atoms with Crippen LogP contribution in [0.4, 0.5) is 0 Å². The largest absolute Gasteiger partial charge is 0.495 e. The van der Waals surface area contributed by atoms with E-state index in [0.717, 1.165) is 0 Å². The number of hydrogen-bond acceptors (Lipinski definition) is 2. The molecule has 13 heavy (non-hydrogen) atoms. The Kier molecular flexibility index (Phi) is 3.17. The molecule has 1 rings (SSSR count). The lowest BCUT2D eigenvalue weighted by Gasteiger charge is -2.06. The molecule has 0 saturated carbocycles. The number of ether oxygens (including phenoxy) is 1. The van der Waals surface area contributed by atoms with Crippen LogP contribution in [0.3, 0.4) is 0 Å². The average molecular weight is 219 g/mol. The Morgan fingerprint density at radius 1 is 1.38 bits per heavy atom. The zero-order chi connectivity index (χ0) is 10.0. The number of ketones is 1. The van der Waals surface area contributed by atoms with E-state index in [-0.39, 0.29) is 5.78 Å². The molecule has 0 fully saturated rings. The van der Waals surface area contributed by atoms with Crippen LogP contribution in [-0.4, -0.2) is 12.9 Å². The molecule has 0 radical (unpaired) electrons. The molecule has 0 N–H and O–H groups in total. The molecule has 0 saturated heterocycles. The summed E-state index contributed by atoms with van der Waals surface area (Å²) in [5.41, 5.74) is 0.381. The molecule has 0 aliphatic heterocycles. The van der Waals surface area contributed by atoms with Crippen molar-refractivity contribution in [2.24, 2.45) is 0 Å². The molecule has 70 valence electrons. The van der Waals surface area contributed by atoms with Crippen LogP contribution >= 0.6 is 23.2 Å². The highest BCUT2D eigenvalue weighted by atomic mass is 35.5. The Morgan fingerprint density at radius 3 is 2.46 bits per heavy atom. The molecular weight excluding hydrogens is 211 g/mol. The van der Waals surface area contributed by atoms with Gasteiger partial charge in [-0.2, -0.15) is 0 Å². The number of halogens is 2. The van der Waals surface area contributed by atoms with Crippen LogP contribution in [-0.2, 0) is 0 Å². The van der Waals surface area contributed by atoms with Gasteiger partial charge in [0.2, 0.25) is 0 Å². The van der Waals surface area contributed by atoms with E-state index in [9.17, 15) is 4.79 Å². The van der Waals surface area contributed by atoms with Crippen molar-refractivity contribution >= 4 is 29.0 Å².